The minimum Gasteiger partial charge on any atom is -0.316 e. The van der Waals surface area contributed by atoms with Crippen LogP contribution in [0.2, 0.25) is 0 Å². The van der Waals surface area contributed by atoms with E-state index in [1.807, 2.05) is 26.0 Å². The maximum Gasteiger partial charge on any atom is 0.264 e. The van der Waals surface area contributed by atoms with Crippen LogP contribution in [-0.2, 0) is 14.8 Å². The van der Waals surface area contributed by atoms with E-state index in [0.717, 1.165) is 16.0 Å². The number of aryl methyl sites for hydroxylation is 2. The van der Waals surface area contributed by atoms with E-state index in [1.165, 1.54) is 16.4 Å². The van der Waals surface area contributed by atoms with Gasteiger partial charge >= 0.3 is 0 Å². The topological polar surface area (TPSA) is 105 Å². The summed E-state index contributed by atoms with van der Waals surface area (Å²) in [7, 11) is -3.90. The fraction of sp³-hybridized carbons (Fsp3) is 0.286. The molecule has 2 aromatic rings. The van der Waals surface area contributed by atoms with Gasteiger partial charge in [0.15, 0.2) is 0 Å². The number of hydrogen-bond donors (Lipinski definition) is 0. The number of carbonyl (C=O) groups is 1. The molecule has 0 fully saturated rings. The van der Waals surface area contributed by atoms with Crippen LogP contribution in [0.3, 0.4) is 0 Å². The Labute approximate surface area is 171 Å². The van der Waals surface area contributed by atoms with Gasteiger partial charge in [0, 0.05) is 13.0 Å². The van der Waals surface area contributed by atoms with Crippen LogP contribution < -0.4 is 4.31 Å². The van der Waals surface area contributed by atoms with Crippen LogP contribution in [0, 0.1) is 36.5 Å². The summed E-state index contributed by atoms with van der Waals surface area (Å²) in [5, 5.41) is 17.7. The van der Waals surface area contributed by atoms with Crippen LogP contribution >= 0.6 is 0 Å². The number of nitrogens with zero attached hydrogens (tertiary/aromatic N) is 4. The minimum absolute atomic E-state index is 0.106. The van der Waals surface area contributed by atoms with E-state index in [0.29, 0.717) is 5.69 Å². The molecule has 0 N–H and O–H groups in total. The van der Waals surface area contributed by atoms with Crippen LogP contribution in [0.1, 0.15) is 17.5 Å². The lowest BCUT2D eigenvalue weighted by atomic mass is 10.2. The van der Waals surface area contributed by atoms with E-state index < -0.39 is 15.9 Å². The van der Waals surface area contributed by atoms with E-state index >= 15 is 0 Å². The second-order valence-corrected chi connectivity index (χ2v) is 8.40. The summed E-state index contributed by atoms with van der Waals surface area (Å²) in [6.45, 7) is 3.22. The summed E-state index contributed by atoms with van der Waals surface area (Å²) in [4.78, 5) is 13.7. The smallest absolute Gasteiger partial charge is 0.264 e. The molecule has 0 aliphatic heterocycles. The maximum atomic E-state index is 13.3. The van der Waals surface area contributed by atoms with Crippen molar-refractivity contribution < 1.29 is 13.2 Å². The first-order chi connectivity index (χ1) is 13.8. The van der Waals surface area contributed by atoms with Gasteiger partial charge in [-0.15, -0.1) is 0 Å². The fourth-order valence-electron chi connectivity index (χ4n) is 2.69. The van der Waals surface area contributed by atoms with E-state index in [1.54, 1.807) is 36.4 Å². The monoisotopic (exact) mass is 410 g/mol. The standard InChI is InChI=1S/C21H22N4O3S/c1-17-3-7-19(8-4-17)25(14-11-21(26)24(15-12-22)16-13-23)29(27,28)20-9-5-18(2)6-10-20/h3-10H,11,14-16H2,1-2H3. The van der Waals surface area contributed by atoms with Gasteiger partial charge in [-0.3, -0.25) is 9.10 Å². The Bertz CT molecular complexity index is 1020. The largest absolute Gasteiger partial charge is 0.316 e. The number of hydrogen-bond acceptors (Lipinski definition) is 5. The quantitative estimate of drug-likeness (QED) is 0.622. The van der Waals surface area contributed by atoms with E-state index in [2.05, 4.69) is 0 Å². The Kier molecular flexibility index (Phi) is 7.35. The number of carbonyl (C=O) groups excluding carboxylic acids is 1. The Morgan fingerprint density at radius 1 is 0.897 bits per heavy atom. The van der Waals surface area contributed by atoms with Crippen LogP contribution in [0.25, 0.3) is 0 Å². The highest BCUT2D eigenvalue weighted by Crippen LogP contribution is 2.25. The van der Waals surface area contributed by atoms with Crippen molar-refractivity contribution in [3.63, 3.8) is 0 Å². The first-order valence-corrected chi connectivity index (χ1v) is 10.4. The third-order valence-electron chi connectivity index (χ3n) is 4.34. The fourth-order valence-corrected chi connectivity index (χ4v) is 4.16. The maximum absolute atomic E-state index is 13.3. The summed E-state index contributed by atoms with van der Waals surface area (Å²) in [5.74, 6) is -0.454. The molecule has 29 heavy (non-hydrogen) atoms. The summed E-state index contributed by atoms with van der Waals surface area (Å²) in [5.41, 5.74) is 2.35. The van der Waals surface area contributed by atoms with Gasteiger partial charge in [-0.25, -0.2) is 8.42 Å². The molecule has 0 aliphatic rings. The normalized spacial score (nSPS) is 10.6. The van der Waals surface area contributed by atoms with E-state index in [-0.39, 0.29) is 31.0 Å². The van der Waals surface area contributed by atoms with Crippen molar-refractivity contribution in [2.24, 2.45) is 0 Å². The Morgan fingerprint density at radius 2 is 1.38 bits per heavy atom. The van der Waals surface area contributed by atoms with E-state index in [4.69, 9.17) is 10.5 Å². The summed E-state index contributed by atoms with van der Waals surface area (Å²) in [6, 6.07) is 17.2. The zero-order valence-corrected chi connectivity index (χ0v) is 17.2. The van der Waals surface area contributed by atoms with Crippen molar-refractivity contribution in [1.29, 1.82) is 10.5 Å². The van der Waals surface area contributed by atoms with Crippen molar-refractivity contribution in [3.8, 4) is 12.1 Å². The number of anilines is 1. The van der Waals surface area contributed by atoms with Gasteiger partial charge in [0.2, 0.25) is 5.91 Å². The van der Waals surface area contributed by atoms with Gasteiger partial charge in [-0.1, -0.05) is 35.4 Å². The zero-order valence-electron chi connectivity index (χ0n) is 16.4. The Hall–Kier alpha value is -3.36. The van der Waals surface area contributed by atoms with Gasteiger partial charge in [0.25, 0.3) is 10.0 Å². The summed E-state index contributed by atoms with van der Waals surface area (Å²) < 4.78 is 27.7. The second-order valence-electron chi connectivity index (χ2n) is 6.54. The minimum atomic E-state index is -3.90. The molecule has 2 rings (SSSR count). The van der Waals surface area contributed by atoms with Gasteiger partial charge in [-0.2, -0.15) is 10.5 Å². The molecule has 7 nitrogen and oxygen atoms in total. The van der Waals surface area contributed by atoms with Gasteiger partial charge in [0.05, 0.1) is 22.7 Å². The van der Waals surface area contributed by atoms with Crippen molar-refractivity contribution in [2.45, 2.75) is 25.2 Å². The molecule has 0 unspecified atom stereocenters. The average molecular weight is 410 g/mol. The van der Waals surface area contributed by atoms with Crippen LogP contribution in [0.4, 0.5) is 5.69 Å². The average Bonchev–Trinajstić information content (AvgIpc) is 2.69. The first kappa shape index (κ1) is 21.9. The molecule has 2 aromatic carbocycles. The van der Waals surface area contributed by atoms with Gasteiger partial charge in [0.1, 0.15) is 13.1 Å². The predicted octanol–water partition coefficient (Wildman–Crippen LogP) is 2.76. The molecular weight excluding hydrogens is 388 g/mol. The molecule has 0 saturated carbocycles. The number of benzene rings is 2. The van der Waals surface area contributed by atoms with Crippen LogP contribution in [0.15, 0.2) is 53.4 Å². The van der Waals surface area contributed by atoms with E-state index in [9.17, 15) is 13.2 Å². The van der Waals surface area contributed by atoms with Crippen molar-refractivity contribution in [2.75, 3.05) is 23.9 Å². The molecule has 150 valence electrons. The lowest BCUT2D eigenvalue weighted by molar-refractivity contribution is -0.129. The molecule has 0 spiro atoms. The highest BCUT2D eigenvalue weighted by Gasteiger charge is 2.26. The second kappa shape index (κ2) is 9.72. The summed E-state index contributed by atoms with van der Waals surface area (Å²) in [6.07, 6.45) is -0.150. The number of nitriles is 2. The molecular formula is C21H22N4O3S. The molecule has 0 saturated heterocycles. The number of sulfonamides is 1. The molecule has 0 aliphatic carbocycles. The van der Waals surface area contributed by atoms with Crippen molar-refractivity contribution in [1.82, 2.24) is 4.90 Å². The molecule has 0 heterocycles. The Balaban J connectivity index is 2.35. The third kappa shape index (κ3) is 5.56. The highest BCUT2D eigenvalue weighted by molar-refractivity contribution is 7.92. The van der Waals surface area contributed by atoms with Gasteiger partial charge in [-0.05, 0) is 38.1 Å². The first-order valence-electron chi connectivity index (χ1n) is 8.97. The Morgan fingerprint density at radius 3 is 1.86 bits per heavy atom. The predicted molar refractivity (Wildman–Crippen MR) is 109 cm³/mol. The molecule has 8 heteroatoms. The van der Waals surface area contributed by atoms with Crippen molar-refractivity contribution >= 4 is 21.6 Å². The lowest BCUT2D eigenvalue weighted by Crippen LogP contribution is -2.37. The van der Waals surface area contributed by atoms with Gasteiger partial charge < -0.3 is 4.90 Å². The number of amides is 1. The molecule has 1 amide bonds. The molecule has 0 bridgehead atoms. The van der Waals surface area contributed by atoms with Crippen LogP contribution in [0.5, 0.6) is 0 Å². The molecule has 0 radical (unpaired) electrons. The van der Waals surface area contributed by atoms with Crippen LogP contribution in [-0.4, -0.2) is 38.9 Å². The SMILES string of the molecule is Cc1ccc(N(CCC(=O)N(CC#N)CC#N)S(=O)(=O)c2ccc(C)cc2)cc1. The zero-order chi connectivity index (χ0) is 21.4. The molecule has 0 aromatic heterocycles. The van der Waals surface area contributed by atoms with Crippen molar-refractivity contribution in [3.05, 3.63) is 59.7 Å². The molecule has 0 atom stereocenters. The highest BCUT2D eigenvalue weighted by atomic mass is 32.2. The third-order valence-corrected chi connectivity index (χ3v) is 6.18. The summed E-state index contributed by atoms with van der Waals surface area (Å²) >= 11 is 0. The number of rotatable bonds is 8. The lowest BCUT2D eigenvalue weighted by Gasteiger charge is -2.25.